The average molecular weight is 239 g/mol. The summed E-state index contributed by atoms with van der Waals surface area (Å²) in [5.74, 6) is 1.34. The van der Waals surface area contributed by atoms with Crippen LogP contribution in [0.15, 0.2) is 12.2 Å². The van der Waals surface area contributed by atoms with E-state index in [-0.39, 0.29) is 6.10 Å². The minimum Gasteiger partial charge on any atom is -0.389 e. The summed E-state index contributed by atoms with van der Waals surface area (Å²) in [6.07, 6.45) is 8.97. The van der Waals surface area contributed by atoms with Crippen molar-refractivity contribution in [1.29, 1.82) is 0 Å². The molecule has 2 aliphatic rings. The summed E-state index contributed by atoms with van der Waals surface area (Å²) >= 11 is 0. The van der Waals surface area contributed by atoms with Crippen LogP contribution in [0.4, 0.5) is 0 Å². The van der Waals surface area contributed by atoms with Crippen molar-refractivity contribution in [2.45, 2.75) is 44.8 Å². The van der Waals surface area contributed by atoms with Crippen molar-refractivity contribution in [3.63, 3.8) is 0 Å². The highest BCUT2D eigenvalue weighted by Gasteiger charge is 2.22. The molecule has 1 fully saturated rings. The second-order valence-corrected chi connectivity index (χ2v) is 5.55. The molecule has 0 aromatic carbocycles. The number of hydrogen-bond donors (Lipinski definition) is 2. The van der Waals surface area contributed by atoms with Crippen LogP contribution in [0.3, 0.4) is 0 Å². The molecule has 0 amide bonds. The van der Waals surface area contributed by atoms with E-state index < -0.39 is 0 Å². The molecule has 0 heterocycles. The lowest BCUT2D eigenvalue weighted by Crippen LogP contribution is -2.32. The van der Waals surface area contributed by atoms with E-state index in [9.17, 15) is 5.11 Å². The Hall–Kier alpha value is -0.380. The van der Waals surface area contributed by atoms with Gasteiger partial charge in [0.05, 0.1) is 19.3 Å². The Morgan fingerprint density at radius 1 is 1.35 bits per heavy atom. The molecule has 17 heavy (non-hydrogen) atoms. The van der Waals surface area contributed by atoms with Gasteiger partial charge in [-0.3, -0.25) is 0 Å². The van der Waals surface area contributed by atoms with Crippen LogP contribution >= 0.6 is 0 Å². The lowest BCUT2D eigenvalue weighted by molar-refractivity contribution is 0.0127. The maximum Gasteiger partial charge on any atom is 0.0897 e. The molecule has 3 atom stereocenters. The van der Waals surface area contributed by atoms with Gasteiger partial charge in [-0.25, -0.2) is 0 Å². The number of nitrogens with one attached hydrogen (secondary N) is 1. The largest absolute Gasteiger partial charge is 0.389 e. The van der Waals surface area contributed by atoms with Crippen molar-refractivity contribution in [3.05, 3.63) is 12.2 Å². The maximum absolute atomic E-state index is 9.72. The summed E-state index contributed by atoms with van der Waals surface area (Å²) in [6, 6.07) is 0.660. The summed E-state index contributed by atoms with van der Waals surface area (Å²) in [7, 11) is 0. The van der Waals surface area contributed by atoms with Crippen LogP contribution in [0.1, 0.15) is 32.6 Å². The number of aliphatic hydroxyl groups is 1. The SMILES string of the molecule is CC1CC=CCC1COCC(O)CNC1CC1. The van der Waals surface area contributed by atoms with Crippen molar-refractivity contribution in [1.82, 2.24) is 5.32 Å². The van der Waals surface area contributed by atoms with Gasteiger partial charge in [0, 0.05) is 12.6 Å². The van der Waals surface area contributed by atoms with Gasteiger partial charge in [0.25, 0.3) is 0 Å². The zero-order valence-electron chi connectivity index (χ0n) is 10.8. The van der Waals surface area contributed by atoms with E-state index in [0.29, 0.717) is 31.0 Å². The van der Waals surface area contributed by atoms with Crippen LogP contribution in [-0.2, 0) is 4.74 Å². The Balaban J connectivity index is 1.53. The Morgan fingerprint density at radius 3 is 2.82 bits per heavy atom. The first-order valence-electron chi connectivity index (χ1n) is 6.90. The molecule has 3 heteroatoms. The van der Waals surface area contributed by atoms with Crippen molar-refractivity contribution in [2.75, 3.05) is 19.8 Å². The zero-order chi connectivity index (χ0) is 12.1. The Bertz CT molecular complexity index is 251. The molecule has 0 spiro atoms. The number of allylic oxidation sites excluding steroid dienone is 2. The van der Waals surface area contributed by atoms with Gasteiger partial charge < -0.3 is 15.2 Å². The molecule has 0 saturated heterocycles. The molecule has 2 aliphatic carbocycles. The van der Waals surface area contributed by atoms with Gasteiger partial charge in [-0.1, -0.05) is 19.1 Å². The minimum atomic E-state index is -0.356. The first kappa shape index (κ1) is 13.1. The zero-order valence-corrected chi connectivity index (χ0v) is 10.8. The lowest BCUT2D eigenvalue weighted by atomic mass is 9.85. The second-order valence-electron chi connectivity index (χ2n) is 5.55. The molecule has 2 N–H and O–H groups in total. The Labute approximate surface area is 104 Å². The van der Waals surface area contributed by atoms with Crippen molar-refractivity contribution in [3.8, 4) is 0 Å². The van der Waals surface area contributed by atoms with Gasteiger partial charge in [0.15, 0.2) is 0 Å². The van der Waals surface area contributed by atoms with Crippen molar-refractivity contribution < 1.29 is 9.84 Å². The molecular weight excluding hydrogens is 214 g/mol. The summed E-state index contributed by atoms with van der Waals surface area (Å²) in [6.45, 7) is 4.20. The predicted molar refractivity (Wildman–Crippen MR) is 68.9 cm³/mol. The van der Waals surface area contributed by atoms with Crippen LogP contribution in [0, 0.1) is 11.8 Å². The molecule has 0 aromatic rings. The molecule has 0 bridgehead atoms. The summed E-state index contributed by atoms with van der Waals surface area (Å²) < 4.78 is 5.63. The van der Waals surface area contributed by atoms with E-state index in [4.69, 9.17) is 4.74 Å². The fourth-order valence-electron chi connectivity index (χ4n) is 2.24. The lowest BCUT2D eigenvalue weighted by Gasteiger charge is -2.25. The van der Waals surface area contributed by atoms with Crippen LogP contribution < -0.4 is 5.32 Å². The van der Waals surface area contributed by atoms with Crippen molar-refractivity contribution >= 4 is 0 Å². The van der Waals surface area contributed by atoms with E-state index in [1.165, 1.54) is 19.3 Å². The second kappa shape index (κ2) is 6.53. The quantitative estimate of drug-likeness (QED) is 0.665. The smallest absolute Gasteiger partial charge is 0.0897 e. The summed E-state index contributed by atoms with van der Waals surface area (Å²) in [5.41, 5.74) is 0. The fourth-order valence-corrected chi connectivity index (χ4v) is 2.24. The molecule has 0 radical (unpaired) electrons. The van der Waals surface area contributed by atoms with E-state index in [0.717, 1.165) is 13.0 Å². The van der Waals surface area contributed by atoms with Gasteiger partial charge in [-0.05, 0) is 37.5 Å². The highest BCUT2D eigenvalue weighted by Crippen LogP contribution is 2.25. The van der Waals surface area contributed by atoms with Crippen LogP contribution in [0.2, 0.25) is 0 Å². The minimum absolute atomic E-state index is 0.356. The first-order chi connectivity index (χ1) is 8.25. The Morgan fingerprint density at radius 2 is 2.12 bits per heavy atom. The van der Waals surface area contributed by atoms with E-state index >= 15 is 0 Å². The molecule has 3 unspecified atom stereocenters. The van der Waals surface area contributed by atoms with E-state index in [1.54, 1.807) is 0 Å². The molecule has 3 nitrogen and oxygen atoms in total. The van der Waals surface area contributed by atoms with Crippen molar-refractivity contribution in [2.24, 2.45) is 11.8 Å². The van der Waals surface area contributed by atoms with Gasteiger partial charge in [-0.2, -0.15) is 0 Å². The normalized spacial score (nSPS) is 30.5. The number of aliphatic hydroxyl groups excluding tert-OH is 1. The molecule has 0 aromatic heterocycles. The standard InChI is InChI=1S/C14H25NO2/c1-11-4-2-3-5-12(11)9-17-10-14(16)8-15-13-6-7-13/h2-3,11-16H,4-10H2,1H3. The maximum atomic E-state index is 9.72. The fraction of sp³-hybridized carbons (Fsp3) is 0.857. The van der Waals surface area contributed by atoms with Gasteiger partial charge in [0.1, 0.15) is 0 Å². The third-order valence-electron chi connectivity index (χ3n) is 3.78. The topological polar surface area (TPSA) is 41.5 Å². The number of rotatable bonds is 7. The van der Waals surface area contributed by atoms with Gasteiger partial charge in [0.2, 0.25) is 0 Å². The molecule has 0 aliphatic heterocycles. The highest BCUT2D eigenvalue weighted by molar-refractivity contribution is 4.93. The van der Waals surface area contributed by atoms with Crippen LogP contribution in [0.25, 0.3) is 0 Å². The number of hydrogen-bond acceptors (Lipinski definition) is 3. The molecule has 98 valence electrons. The monoisotopic (exact) mass is 239 g/mol. The Kier molecular flexibility index (Phi) is 5.01. The summed E-state index contributed by atoms with van der Waals surface area (Å²) in [4.78, 5) is 0. The molecule has 2 rings (SSSR count). The summed E-state index contributed by atoms with van der Waals surface area (Å²) in [5, 5.41) is 13.0. The van der Waals surface area contributed by atoms with Gasteiger partial charge >= 0.3 is 0 Å². The first-order valence-corrected chi connectivity index (χ1v) is 6.90. The number of ether oxygens (including phenoxy) is 1. The van der Waals surface area contributed by atoms with Crippen LogP contribution in [0.5, 0.6) is 0 Å². The third-order valence-corrected chi connectivity index (χ3v) is 3.78. The average Bonchev–Trinajstić information content (AvgIpc) is 3.13. The van der Waals surface area contributed by atoms with Gasteiger partial charge in [-0.15, -0.1) is 0 Å². The molecular formula is C14H25NO2. The third kappa shape index (κ3) is 4.78. The predicted octanol–water partition coefficient (Wildman–Crippen LogP) is 1.72. The van der Waals surface area contributed by atoms with Crippen LogP contribution in [-0.4, -0.2) is 37.0 Å². The highest BCUT2D eigenvalue weighted by atomic mass is 16.5. The molecule has 1 saturated carbocycles. The van der Waals surface area contributed by atoms with E-state index in [1.807, 2.05) is 0 Å². The van der Waals surface area contributed by atoms with E-state index in [2.05, 4.69) is 24.4 Å².